The number of Topliss-reactive ketones (excluding diaryl/α,β-unsaturated/α-hetero) is 1. The number of oxazole rings is 1. The van der Waals surface area contributed by atoms with E-state index in [0.29, 0.717) is 30.9 Å². The van der Waals surface area contributed by atoms with Crippen molar-refractivity contribution >= 4 is 30.9 Å². The number of benzene rings is 1. The third-order valence-electron chi connectivity index (χ3n) is 8.12. The molecule has 3 aromatic rings. The van der Waals surface area contributed by atoms with E-state index in [2.05, 4.69) is 33.2 Å². The summed E-state index contributed by atoms with van der Waals surface area (Å²) in [4.78, 5) is 36.8. The van der Waals surface area contributed by atoms with Crippen LogP contribution in [-0.2, 0) is 24.4 Å². The summed E-state index contributed by atoms with van der Waals surface area (Å²) >= 11 is 0. The van der Waals surface area contributed by atoms with Gasteiger partial charge >= 0.3 is 0 Å². The highest BCUT2D eigenvalue weighted by Crippen LogP contribution is 2.30. The molecule has 1 saturated heterocycles. The van der Waals surface area contributed by atoms with Crippen LogP contribution in [0.3, 0.4) is 0 Å². The maximum absolute atomic E-state index is 12.9. The lowest BCUT2D eigenvalue weighted by molar-refractivity contribution is -0.129. The van der Waals surface area contributed by atoms with Crippen LogP contribution in [0.1, 0.15) is 65.4 Å². The number of hydrogen-bond acceptors (Lipinski definition) is 9. The lowest BCUT2D eigenvalue weighted by Gasteiger charge is -2.32. The number of β-amino-alcohol motifs (C(OH)–C–C–N with tert-alkyl or cyclic N) is 1. The van der Waals surface area contributed by atoms with E-state index in [9.17, 15) is 14.7 Å². The van der Waals surface area contributed by atoms with E-state index in [1.807, 2.05) is 17.0 Å². The molecule has 2 aliphatic heterocycles. The maximum Gasteiger partial charge on any atom is 0.219 e. The second-order valence-corrected chi connectivity index (χ2v) is 11.1. The number of aromatic nitrogens is 2. The molecule has 5 rings (SSSR count). The van der Waals surface area contributed by atoms with Crippen LogP contribution in [0.25, 0.3) is 0 Å². The average Bonchev–Trinajstić information content (AvgIpc) is 3.50. The number of nitrogens with zero attached hydrogens (tertiary/aromatic N) is 4. The zero-order valence-corrected chi connectivity index (χ0v) is 25.3. The first-order chi connectivity index (χ1) is 19.9. The number of aliphatic hydroxyl groups is 1. The first kappa shape index (κ1) is 31.5. The third kappa shape index (κ3) is 8.11. The molecule has 1 amide bonds. The standard InChI is InChI=1S/C31H39N5O5.H2S/c1-21-29-9-10-35(17-23(29)3-6-31(21)40-19-28-16-33-20-41-28)18-27(38)4-5-30(39)24-13-26(15-32-14-24)34-25-7-11-36(12-8-25)22(2)37;/h3,6,13-16,20,25,27,34,38H,4-5,7-12,17-19H2,1-2H3;1H2/t27-;/m0./s1. The molecular formula is C31H41N5O5S. The van der Waals surface area contributed by atoms with E-state index < -0.39 is 6.10 Å². The van der Waals surface area contributed by atoms with Crippen LogP contribution in [0.2, 0.25) is 0 Å². The van der Waals surface area contributed by atoms with Gasteiger partial charge in [-0.15, -0.1) is 0 Å². The molecule has 10 nitrogen and oxygen atoms in total. The Kier molecular flexibility index (Phi) is 11.0. The fraction of sp³-hybridized carbons (Fsp3) is 0.484. The van der Waals surface area contributed by atoms with Gasteiger partial charge in [-0.3, -0.25) is 19.5 Å². The van der Waals surface area contributed by atoms with Gasteiger partial charge < -0.3 is 24.5 Å². The zero-order valence-electron chi connectivity index (χ0n) is 24.3. The van der Waals surface area contributed by atoms with Crippen LogP contribution in [0.15, 0.2) is 47.6 Å². The van der Waals surface area contributed by atoms with Crippen molar-refractivity contribution in [1.82, 2.24) is 19.8 Å². The lowest BCUT2D eigenvalue weighted by Crippen LogP contribution is -2.41. The molecule has 0 aliphatic carbocycles. The van der Waals surface area contributed by atoms with Crippen molar-refractivity contribution < 1.29 is 23.8 Å². The topological polar surface area (TPSA) is 121 Å². The molecule has 1 atom stereocenters. The molecule has 2 N–H and O–H groups in total. The largest absolute Gasteiger partial charge is 0.485 e. The van der Waals surface area contributed by atoms with Gasteiger partial charge in [-0.1, -0.05) is 6.07 Å². The van der Waals surface area contributed by atoms with Crippen molar-refractivity contribution in [2.45, 2.75) is 71.2 Å². The summed E-state index contributed by atoms with van der Waals surface area (Å²) in [6.45, 7) is 7.62. The van der Waals surface area contributed by atoms with Gasteiger partial charge in [0.2, 0.25) is 5.91 Å². The van der Waals surface area contributed by atoms with E-state index in [1.54, 1.807) is 25.5 Å². The van der Waals surface area contributed by atoms with Crippen LogP contribution in [0.5, 0.6) is 5.75 Å². The van der Waals surface area contributed by atoms with Gasteiger partial charge in [-0.2, -0.15) is 13.5 Å². The number of ketones is 1. The molecule has 11 heteroatoms. The fourth-order valence-corrected chi connectivity index (χ4v) is 5.73. The molecule has 42 heavy (non-hydrogen) atoms. The van der Waals surface area contributed by atoms with Crippen LogP contribution >= 0.6 is 13.5 Å². The quantitative estimate of drug-likeness (QED) is 0.318. The Morgan fingerprint density at radius 2 is 1.98 bits per heavy atom. The van der Waals surface area contributed by atoms with Gasteiger partial charge in [0.1, 0.15) is 12.4 Å². The summed E-state index contributed by atoms with van der Waals surface area (Å²) in [5, 5.41) is 14.2. The highest BCUT2D eigenvalue weighted by atomic mass is 32.1. The molecule has 0 spiro atoms. The van der Waals surface area contributed by atoms with E-state index >= 15 is 0 Å². The van der Waals surface area contributed by atoms with Gasteiger partial charge in [-0.25, -0.2) is 4.98 Å². The zero-order chi connectivity index (χ0) is 28.8. The Morgan fingerprint density at radius 1 is 1.17 bits per heavy atom. The van der Waals surface area contributed by atoms with Crippen LogP contribution in [0.4, 0.5) is 5.69 Å². The van der Waals surface area contributed by atoms with Crippen molar-refractivity contribution in [3.8, 4) is 5.75 Å². The third-order valence-corrected chi connectivity index (χ3v) is 8.12. The molecular weight excluding hydrogens is 554 g/mol. The van der Waals surface area contributed by atoms with E-state index in [4.69, 9.17) is 9.15 Å². The monoisotopic (exact) mass is 595 g/mol. The van der Waals surface area contributed by atoms with Crippen molar-refractivity contribution in [1.29, 1.82) is 0 Å². The van der Waals surface area contributed by atoms with E-state index in [1.165, 1.54) is 17.5 Å². The lowest BCUT2D eigenvalue weighted by atomic mass is 9.94. The summed E-state index contributed by atoms with van der Waals surface area (Å²) in [7, 11) is 0. The highest BCUT2D eigenvalue weighted by molar-refractivity contribution is 7.59. The second kappa shape index (κ2) is 14.7. The van der Waals surface area contributed by atoms with Gasteiger partial charge in [0.15, 0.2) is 17.9 Å². The number of carbonyl (C=O) groups is 2. The maximum atomic E-state index is 12.9. The molecule has 0 saturated carbocycles. The van der Waals surface area contributed by atoms with Crippen LogP contribution in [0, 0.1) is 6.92 Å². The first-order valence-corrected chi connectivity index (χ1v) is 14.4. The minimum atomic E-state index is -0.591. The van der Waals surface area contributed by atoms with Crippen molar-refractivity contribution in [3.05, 3.63) is 71.2 Å². The molecule has 1 aromatic carbocycles. The summed E-state index contributed by atoms with van der Waals surface area (Å²) in [6, 6.07) is 6.18. The summed E-state index contributed by atoms with van der Waals surface area (Å²) in [6.07, 6.45) is 9.05. The van der Waals surface area contributed by atoms with Gasteiger partial charge in [-0.05, 0) is 61.4 Å². The Hall–Kier alpha value is -3.41. The normalized spacial score (nSPS) is 16.3. The number of fused-ring (bicyclic) bond motifs is 1. The SMILES string of the molecule is CC(=O)N1CCC(Nc2cncc(C(=O)CC[C@H](O)CN3CCc4c(ccc(OCc5cnco5)c4C)C3)c2)CC1.S. The number of hydrogen-bond donors (Lipinski definition) is 2. The molecule has 1 fully saturated rings. The number of ether oxygens (including phenoxy) is 1. The Bertz CT molecular complexity index is 1340. The number of anilines is 1. The van der Waals surface area contributed by atoms with Crippen molar-refractivity contribution in [3.63, 3.8) is 0 Å². The predicted molar refractivity (Wildman–Crippen MR) is 164 cm³/mol. The van der Waals surface area contributed by atoms with Gasteiger partial charge in [0.25, 0.3) is 0 Å². The number of carbonyl (C=O) groups excluding carboxylic acids is 2. The van der Waals surface area contributed by atoms with E-state index in [-0.39, 0.29) is 37.6 Å². The van der Waals surface area contributed by atoms with Crippen LogP contribution in [-0.4, -0.2) is 74.9 Å². The Labute approximate surface area is 253 Å². The average molecular weight is 596 g/mol. The Balaban J connectivity index is 0.00000405. The van der Waals surface area contributed by atoms with Crippen LogP contribution < -0.4 is 10.1 Å². The van der Waals surface area contributed by atoms with E-state index in [0.717, 1.165) is 62.4 Å². The summed E-state index contributed by atoms with van der Waals surface area (Å²) in [5.74, 6) is 1.62. The minimum absolute atomic E-state index is 0. The number of rotatable bonds is 11. The van der Waals surface area contributed by atoms with Gasteiger partial charge in [0, 0.05) is 70.1 Å². The number of pyridine rings is 1. The molecule has 0 bridgehead atoms. The van der Waals surface area contributed by atoms with Gasteiger partial charge in [0.05, 0.1) is 18.0 Å². The number of aliphatic hydroxyl groups excluding tert-OH is 1. The summed E-state index contributed by atoms with van der Waals surface area (Å²) in [5.41, 5.74) is 5.04. The number of amides is 1. The molecule has 0 radical (unpaired) electrons. The molecule has 2 aromatic heterocycles. The minimum Gasteiger partial charge on any atom is -0.485 e. The molecule has 0 unspecified atom stereocenters. The first-order valence-electron chi connectivity index (χ1n) is 14.4. The predicted octanol–water partition coefficient (Wildman–Crippen LogP) is 3.87. The molecule has 2 aliphatic rings. The summed E-state index contributed by atoms with van der Waals surface area (Å²) < 4.78 is 11.2. The molecule has 226 valence electrons. The van der Waals surface area contributed by atoms with Crippen molar-refractivity contribution in [2.24, 2.45) is 0 Å². The fourth-order valence-electron chi connectivity index (χ4n) is 5.73. The number of likely N-dealkylation sites (tertiary alicyclic amines) is 1. The smallest absolute Gasteiger partial charge is 0.219 e. The second-order valence-electron chi connectivity index (χ2n) is 11.1. The molecule has 4 heterocycles. The highest BCUT2D eigenvalue weighted by Gasteiger charge is 2.23. The van der Waals surface area contributed by atoms with Crippen molar-refractivity contribution in [2.75, 3.05) is 31.5 Å². The Morgan fingerprint density at radius 3 is 2.71 bits per heavy atom. The number of nitrogens with one attached hydrogen (secondary N) is 1. The number of piperidine rings is 1.